The zero-order valence-electron chi connectivity index (χ0n) is 19.1. The number of aliphatic hydroxyl groups excluding tert-OH is 1. The molecule has 6 nitrogen and oxygen atoms in total. The minimum Gasteiger partial charge on any atom is -0.396 e. The van der Waals surface area contributed by atoms with Crippen molar-refractivity contribution in [2.24, 2.45) is 22.7 Å². The molecule has 1 saturated heterocycles. The highest BCUT2D eigenvalue weighted by molar-refractivity contribution is 5.92. The Morgan fingerprint density at radius 2 is 2.03 bits per heavy atom. The minimum atomic E-state index is 0.229. The molecule has 1 saturated carbocycles. The Kier molecular flexibility index (Phi) is 5.96. The van der Waals surface area contributed by atoms with Crippen molar-refractivity contribution in [3.63, 3.8) is 0 Å². The molecule has 1 aliphatic heterocycles. The summed E-state index contributed by atoms with van der Waals surface area (Å²) in [5.41, 5.74) is 6.09. The highest BCUT2D eigenvalue weighted by Crippen LogP contribution is 2.35. The summed E-state index contributed by atoms with van der Waals surface area (Å²) in [5, 5.41) is 9.37. The van der Waals surface area contributed by atoms with E-state index in [0.717, 1.165) is 52.8 Å². The molecular formula is C26H33N5O. The summed E-state index contributed by atoms with van der Waals surface area (Å²) in [4.78, 5) is 19.6. The van der Waals surface area contributed by atoms with Crippen LogP contribution in [0.2, 0.25) is 0 Å². The summed E-state index contributed by atoms with van der Waals surface area (Å²) >= 11 is 0. The van der Waals surface area contributed by atoms with E-state index in [-0.39, 0.29) is 6.61 Å². The number of aromatic nitrogens is 3. The van der Waals surface area contributed by atoms with Gasteiger partial charge in [-0.25, -0.2) is 9.97 Å². The predicted octanol–water partition coefficient (Wildman–Crippen LogP) is 5.28. The minimum absolute atomic E-state index is 0.229. The SMILES string of the molecule is Cc1ccc(-c2cc(N3CC(CO)C3)nc3nc[nH]c23)cc1N=CC(C)C1CCCCC1. The number of hydrogen-bond donors (Lipinski definition) is 2. The van der Waals surface area contributed by atoms with Crippen LogP contribution in [0.4, 0.5) is 11.5 Å². The smallest absolute Gasteiger partial charge is 0.180 e. The molecule has 0 spiro atoms. The molecule has 1 aliphatic carbocycles. The van der Waals surface area contributed by atoms with Gasteiger partial charge in [-0.2, -0.15) is 0 Å². The van der Waals surface area contributed by atoms with Crippen molar-refractivity contribution in [3.05, 3.63) is 36.2 Å². The standard InChI is InChI=1S/C26H33N5O/c1-17-8-9-21(10-23(17)27-12-18(2)20-6-4-3-5-7-20)22-11-24(31-13-19(14-31)15-32)30-26-25(22)28-16-29-26/h8-12,16,18-20,32H,3-7,13-15H2,1-2H3,(H,28,29,30). The fourth-order valence-electron chi connectivity index (χ4n) is 5.07. The van der Waals surface area contributed by atoms with Crippen LogP contribution in [0.3, 0.4) is 0 Å². The van der Waals surface area contributed by atoms with Crippen LogP contribution >= 0.6 is 0 Å². The first kappa shape index (κ1) is 21.1. The molecule has 2 aliphatic rings. The van der Waals surface area contributed by atoms with Crippen LogP contribution in [0, 0.1) is 24.7 Å². The van der Waals surface area contributed by atoms with Crippen LogP contribution in [0.1, 0.15) is 44.6 Å². The van der Waals surface area contributed by atoms with E-state index in [4.69, 9.17) is 9.98 Å². The lowest BCUT2D eigenvalue weighted by atomic mass is 9.81. The van der Waals surface area contributed by atoms with Gasteiger partial charge in [-0.15, -0.1) is 0 Å². The third-order valence-corrected chi connectivity index (χ3v) is 7.28. The zero-order valence-corrected chi connectivity index (χ0v) is 19.1. The number of rotatable bonds is 6. The summed E-state index contributed by atoms with van der Waals surface area (Å²) in [7, 11) is 0. The number of nitrogens with zero attached hydrogens (tertiary/aromatic N) is 4. The second kappa shape index (κ2) is 9.02. The first-order valence-electron chi connectivity index (χ1n) is 12.0. The van der Waals surface area contributed by atoms with Crippen LogP contribution < -0.4 is 4.90 Å². The lowest BCUT2D eigenvalue weighted by Crippen LogP contribution is -2.48. The maximum Gasteiger partial charge on any atom is 0.180 e. The van der Waals surface area contributed by atoms with Gasteiger partial charge < -0.3 is 15.0 Å². The number of anilines is 1. The lowest BCUT2D eigenvalue weighted by molar-refractivity contribution is 0.200. The highest BCUT2D eigenvalue weighted by atomic mass is 16.3. The number of aliphatic hydroxyl groups is 1. The number of nitrogens with one attached hydrogen (secondary N) is 1. The fourth-order valence-corrected chi connectivity index (χ4v) is 5.07. The Bertz CT molecular complexity index is 1110. The van der Waals surface area contributed by atoms with Gasteiger partial charge in [0.1, 0.15) is 5.82 Å². The third kappa shape index (κ3) is 4.16. The molecule has 2 N–H and O–H groups in total. The summed E-state index contributed by atoms with van der Waals surface area (Å²) in [6, 6.07) is 8.63. The van der Waals surface area contributed by atoms with E-state index >= 15 is 0 Å². The average Bonchev–Trinajstić information content (AvgIpc) is 3.26. The van der Waals surface area contributed by atoms with Gasteiger partial charge >= 0.3 is 0 Å². The molecule has 6 heteroatoms. The summed E-state index contributed by atoms with van der Waals surface area (Å²) in [5.74, 6) is 2.53. The fraction of sp³-hybridized carbons (Fsp3) is 0.500. The quantitative estimate of drug-likeness (QED) is 0.521. The van der Waals surface area contributed by atoms with Gasteiger partial charge in [-0.1, -0.05) is 38.3 Å². The normalized spacial score (nSPS) is 19.0. The van der Waals surface area contributed by atoms with E-state index in [9.17, 15) is 5.11 Å². The van der Waals surface area contributed by atoms with E-state index in [1.54, 1.807) is 6.33 Å². The number of aliphatic imine (C=N–C) groups is 1. The zero-order chi connectivity index (χ0) is 22.1. The number of fused-ring (bicyclic) bond motifs is 1. The van der Waals surface area contributed by atoms with Gasteiger partial charge in [0.15, 0.2) is 5.65 Å². The van der Waals surface area contributed by atoms with Crippen molar-refractivity contribution in [2.45, 2.75) is 46.0 Å². The first-order chi connectivity index (χ1) is 15.6. The molecule has 0 bridgehead atoms. The van der Waals surface area contributed by atoms with E-state index in [0.29, 0.717) is 11.8 Å². The molecule has 1 aromatic carbocycles. The van der Waals surface area contributed by atoms with E-state index in [2.05, 4.69) is 59.2 Å². The van der Waals surface area contributed by atoms with Gasteiger partial charge in [-0.05, 0) is 54.9 Å². The molecule has 2 aromatic heterocycles. The van der Waals surface area contributed by atoms with E-state index in [1.165, 1.54) is 37.7 Å². The Hall–Kier alpha value is -2.73. The van der Waals surface area contributed by atoms with Gasteiger partial charge in [0.2, 0.25) is 0 Å². The van der Waals surface area contributed by atoms with Crippen molar-refractivity contribution in [2.75, 3.05) is 24.6 Å². The maximum atomic E-state index is 9.37. The molecule has 0 amide bonds. The average molecular weight is 432 g/mol. The van der Waals surface area contributed by atoms with Crippen molar-refractivity contribution in [3.8, 4) is 11.1 Å². The number of aromatic amines is 1. The Morgan fingerprint density at radius 1 is 1.22 bits per heavy atom. The lowest BCUT2D eigenvalue weighted by Gasteiger charge is -2.39. The molecule has 168 valence electrons. The molecule has 32 heavy (non-hydrogen) atoms. The van der Waals surface area contributed by atoms with Crippen LogP contribution in [-0.4, -0.2) is 46.0 Å². The summed E-state index contributed by atoms with van der Waals surface area (Å²) in [6.07, 6.45) is 10.6. The monoisotopic (exact) mass is 431 g/mol. The van der Waals surface area contributed by atoms with Crippen molar-refractivity contribution in [1.82, 2.24) is 15.0 Å². The molecule has 3 heterocycles. The van der Waals surface area contributed by atoms with Crippen LogP contribution in [0.5, 0.6) is 0 Å². The summed E-state index contributed by atoms with van der Waals surface area (Å²) < 4.78 is 0. The van der Waals surface area contributed by atoms with Gasteiger partial charge in [0, 0.05) is 37.4 Å². The van der Waals surface area contributed by atoms with Gasteiger partial charge in [0.25, 0.3) is 0 Å². The topological polar surface area (TPSA) is 77.4 Å². The third-order valence-electron chi connectivity index (χ3n) is 7.28. The number of aryl methyl sites for hydroxylation is 1. The highest BCUT2D eigenvalue weighted by Gasteiger charge is 2.28. The number of pyridine rings is 1. The number of benzene rings is 1. The molecular weight excluding hydrogens is 398 g/mol. The molecule has 2 fully saturated rings. The van der Waals surface area contributed by atoms with Crippen LogP contribution in [0.15, 0.2) is 35.6 Å². The molecule has 1 atom stereocenters. The molecule has 5 rings (SSSR count). The Balaban J connectivity index is 1.45. The predicted molar refractivity (Wildman–Crippen MR) is 131 cm³/mol. The molecule has 0 radical (unpaired) electrons. The van der Waals surface area contributed by atoms with Crippen molar-refractivity contribution < 1.29 is 5.11 Å². The Morgan fingerprint density at radius 3 is 2.81 bits per heavy atom. The van der Waals surface area contributed by atoms with Crippen molar-refractivity contribution in [1.29, 1.82) is 0 Å². The van der Waals surface area contributed by atoms with Crippen LogP contribution in [0.25, 0.3) is 22.3 Å². The maximum absolute atomic E-state index is 9.37. The Labute approximate surface area is 189 Å². The van der Waals surface area contributed by atoms with E-state index in [1.807, 2.05) is 0 Å². The largest absolute Gasteiger partial charge is 0.396 e. The first-order valence-corrected chi connectivity index (χ1v) is 12.0. The number of H-pyrrole nitrogens is 1. The summed E-state index contributed by atoms with van der Waals surface area (Å²) in [6.45, 7) is 6.34. The van der Waals surface area contributed by atoms with Crippen LogP contribution in [-0.2, 0) is 0 Å². The second-order valence-corrected chi connectivity index (χ2v) is 9.62. The second-order valence-electron chi connectivity index (χ2n) is 9.62. The van der Waals surface area contributed by atoms with E-state index < -0.39 is 0 Å². The van der Waals surface area contributed by atoms with Gasteiger partial charge in [0.05, 0.1) is 17.5 Å². The molecule has 1 unspecified atom stereocenters. The van der Waals surface area contributed by atoms with Gasteiger partial charge in [-0.3, -0.25) is 4.99 Å². The molecule has 3 aromatic rings. The number of hydrogen-bond acceptors (Lipinski definition) is 5. The van der Waals surface area contributed by atoms with Crippen molar-refractivity contribution >= 4 is 28.9 Å². The number of imidazole rings is 1.